The molecule has 33 heavy (non-hydrogen) atoms. The highest BCUT2D eigenvalue weighted by Crippen LogP contribution is 2.37. The maximum absolute atomic E-state index is 13.8. The van der Waals surface area contributed by atoms with Crippen LogP contribution in [-0.2, 0) is 9.59 Å². The number of carbonyl (C=O) groups excluding carboxylic acids is 2. The Bertz CT molecular complexity index is 1050. The number of rotatable bonds is 6. The lowest BCUT2D eigenvalue weighted by molar-refractivity contribution is -0.120. The molecular formula is C26H32N4O3. The number of hydrogen-bond acceptors (Lipinski definition) is 6. The smallest absolute Gasteiger partial charge is 0.282 e. The van der Waals surface area contributed by atoms with Crippen LogP contribution in [0.2, 0.25) is 0 Å². The Morgan fingerprint density at radius 1 is 0.879 bits per heavy atom. The zero-order valence-corrected chi connectivity index (χ0v) is 20.0. The summed E-state index contributed by atoms with van der Waals surface area (Å²) >= 11 is 0. The van der Waals surface area contributed by atoms with E-state index >= 15 is 0 Å². The Morgan fingerprint density at radius 3 is 2.03 bits per heavy atom. The van der Waals surface area contributed by atoms with Gasteiger partial charge in [0.15, 0.2) is 0 Å². The van der Waals surface area contributed by atoms with E-state index in [0.717, 1.165) is 37.2 Å². The summed E-state index contributed by atoms with van der Waals surface area (Å²) in [5.41, 5.74) is 3.21. The van der Waals surface area contributed by atoms with Gasteiger partial charge in [-0.25, -0.2) is 4.90 Å². The molecule has 4 rings (SSSR count). The van der Waals surface area contributed by atoms with Crippen LogP contribution in [0.3, 0.4) is 0 Å². The van der Waals surface area contributed by atoms with E-state index < -0.39 is 0 Å². The van der Waals surface area contributed by atoms with Crippen LogP contribution in [0.4, 0.5) is 11.4 Å². The number of likely N-dealkylation sites (N-methyl/N-ethyl adjacent to an activating group) is 1. The van der Waals surface area contributed by atoms with Crippen LogP contribution in [0.1, 0.15) is 18.4 Å². The van der Waals surface area contributed by atoms with E-state index in [1.165, 1.54) is 4.90 Å². The van der Waals surface area contributed by atoms with Gasteiger partial charge < -0.3 is 19.4 Å². The number of methoxy groups -OCH3 is 1. The molecule has 2 amide bonds. The zero-order valence-electron chi connectivity index (χ0n) is 20.0. The number of carbonyl (C=O) groups is 2. The number of nitrogens with zero attached hydrogens (tertiary/aromatic N) is 4. The molecule has 0 aliphatic carbocycles. The average molecular weight is 449 g/mol. The fourth-order valence-corrected chi connectivity index (χ4v) is 4.56. The molecule has 174 valence electrons. The Kier molecular flexibility index (Phi) is 6.42. The van der Waals surface area contributed by atoms with Gasteiger partial charge in [-0.15, -0.1) is 0 Å². The van der Waals surface area contributed by atoms with Gasteiger partial charge in [-0.1, -0.05) is 12.1 Å². The molecule has 1 fully saturated rings. The van der Waals surface area contributed by atoms with Crippen molar-refractivity contribution in [3.8, 4) is 5.75 Å². The summed E-state index contributed by atoms with van der Waals surface area (Å²) in [4.78, 5) is 35.1. The predicted octanol–water partition coefficient (Wildman–Crippen LogP) is 3.07. The van der Waals surface area contributed by atoms with Gasteiger partial charge in [0.25, 0.3) is 11.8 Å². The minimum atomic E-state index is -0.294. The number of piperidine rings is 1. The number of likely N-dealkylation sites (tertiary alicyclic amines) is 1. The zero-order chi connectivity index (χ0) is 23.7. The molecule has 0 spiro atoms. The van der Waals surface area contributed by atoms with Gasteiger partial charge in [0.1, 0.15) is 11.4 Å². The highest BCUT2D eigenvalue weighted by Gasteiger charge is 2.43. The molecule has 2 heterocycles. The first-order chi connectivity index (χ1) is 15.8. The monoisotopic (exact) mass is 448 g/mol. The SMILES string of the molecule is COc1ccc(C2=C(N(C)C3CCN(C)CC3)C(=O)N(c3ccc(N(C)C)cc3)C2=O)cc1. The Labute approximate surface area is 195 Å². The highest BCUT2D eigenvalue weighted by atomic mass is 16.5. The van der Waals surface area contributed by atoms with Gasteiger partial charge in [0.05, 0.1) is 18.4 Å². The molecule has 2 aromatic carbocycles. The molecule has 0 atom stereocenters. The molecule has 0 aromatic heterocycles. The largest absolute Gasteiger partial charge is 0.497 e. The number of hydrogen-bond donors (Lipinski definition) is 0. The number of benzene rings is 2. The van der Waals surface area contributed by atoms with Crippen molar-refractivity contribution in [1.29, 1.82) is 0 Å². The summed E-state index contributed by atoms with van der Waals surface area (Å²) in [5, 5.41) is 0. The fraction of sp³-hybridized carbons (Fsp3) is 0.385. The molecule has 7 nitrogen and oxygen atoms in total. The van der Waals surface area contributed by atoms with Crippen molar-refractivity contribution >= 4 is 28.8 Å². The third kappa shape index (κ3) is 4.33. The molecule has 0 saturated carbocycles. The van der Waals surface area contributed by atoms with E-state index in [4.69, 9.17) is 4.74 Å². The van der Waals surface area contributed by atoms with E-state index in [1.54, 1.807) is 7.11 Å². The summed E-state index contributed by atoms with van der Waals surface area (Å²) in [6.45, 7) is 1.94. The van der Waals surface area contributed by atoms with Gasteiger partial charge in [0, 0.05) is 32.9 Å². The summed E-state index contributed by atoms with van der Waals surface area (Å²) in [7, 11) is 9.58. The minimum absolute atomic E-state index is 0.206. The molecule has 7 heteroatoms. The van der Waals surface area contributed by atoms with E-state index in [1.807, 2.05) is 79.5 Å². The second kappa shape index (κ2) is 9.27. The fourth-order valence-electron chi connectivity index (χ4n) is 4.56. The lowest BCUT2D eigenvalue weighted by Gasteiger charge is -2.36. The van der Waals surface area contributed by atoms with Gasteiger partial charge >= 0.3 is 0 Å². The van der Waals surface area contributed by atoms with Crippen molar-refractivity contribution in [3.63, 3.8) is 0 Å². The second-order valence-electron chi connectivity index (χ2n) is 8.95. The lowest BCUT2D eigenvalue weighted by Crippen LogP contribution is -2.43. The van der Waals surface area contributed by atoms with Crippen LogP contribution in [0, 0.1) is 0 Å². The summed E-state index contributed by atoms with van der Waals surface area (Å²) in [6, 6.07) is 15.0. The van der Waals surface area contributed by atoms with Crippen LogP contribution in [0.5, 0.6) is 5.75 Å². The number of amides is 2. The lowest BCUT2D eigenvalue weighted by atomic mass is 10.00. The van der Waals surface area contributed by atoms with E-state index in [2.05, 4.69) is 11.9 Å². The van der Waals surface area contributed by atoms with Crippen molar-refractivity contribution in [2.45, 2.75) is 18.9 Å². The maximum Gasteiger partial charge on any atom is 0.282 e. The highest BCUT2D eigenvalue weighted by molar-refractivity contribution is 6.45. The molecule has 0 radical (unpaired) electrons. The quantitative estimate of drug-likeness (QED) is 0.633. The molecular weight excluding hydrogens is 416 g/mol. The van der Waals surface area contributed by atoms with Gasteiger partial charge in [-0.3, -0.25) is 9.59 Å². The third-order valence-electron chi connectivity index (χ3n) is 6.65. The standard InChI is InChI=1S/C26H32N4O3/c1-27(2)19-8-10-21(11-9-19)30-25(31)23(18-6-12-22(33-5)13-7-18)24(26(30)32)29(4)20-14-16-28(3)17-15-20/h6-13,20H,14-17H2,1-5H3. The molecule has 1 saturated heterocycles. The average Bonchev–Trinajstić information content (AvgIpc) is 3.09. The van der Waals surface area contributed by atoms with Crippen LogP contribution in [0.15, 0.2) is 54.2 Å². The first kappa shape index (κ1) is 22.9. The van der Waals surface area contributed by atoms with Crippen LogP contribution in [0.25, 0.3) is 5.57 Å². The normalized spacial score (nSPS) is 17.7. The molecule has 2 aromatic rings. The summed E-state index contributed by atoms with van der Waals surface area (Å²) < 4.78 is 5.28. The Morgan fingerprint density at radius 2 is 1.48 bits per heavy atom. The van der Waals surface area contributed by atoms with Gasteiger partial charge in [-0.05, 0) is 74.9 Å². The van der Waals surface area contributed by atoms with Crippen molar-refractivity contribution in [3.05, 3.63) is 59.8 Å². The van der Waals surface area contributed by atoms with Crippen molar-refractivity contribution in [2.24, 2.45) is 0 Å². The van der Waals surface area contributed by atoms with Crippen molar-refractivity contribution in [2.75, 3.05) is 58.2 Å². The molecule has 0 N–H and O–H groups in total. The summed E-state index contributed by atoms with van der Waals surface area (Å²) in [6.07, 6.45) is 1.90. The Hall–Kier alpha value is -3.32. The number of anilines is 2. The minimum Gasteiger partial charge on any atom is -0.497 e. The van der Waals surface area contributed by atoms with E-state index in [0.29, 0.717) is 22.7 Å². The van der Waals surface area contributed by atoms with Crippen molar-refractivity contribution in [1.82, 2.24) is 9.80 Å². The third-order valence-corrected chi connectivity index (χ3v) is 6.65. The van der Waals surface area contributed by atoms with E-state index in [9.17, 15) is 9.59 Å². The Balaban J connectivity index is 1.75. The molecule has 2 aliphatic heterocycles. The second-order valence-corrected chi connectivity index (χ2v) is 8.95. The van der Waals surface area contributed by atoms with Gasteiger partial charge in [-0.2, -0.15) is 0 Å². The van der Waals surface area contributed by atoms with E-state index in [-0.39, 0.29) is 17.9 Å². The van der Waals surface area contributed by atoms with Crippen LogP contribution < -0.4 is 14.5 Å². The topological polar surface area (TPSA) is 56.3 Å². The van der Waals surface area contributed by atoms with Crippen LogP contribution >= 0.6 is 0 Å². The van der Waals surface area contributed by atoms with Crippen LogP contribution in [-0.4, -0.2) is 76.0 Å². The molecule has 0 unspecified atom stereocenters. The van der Waals surface area contributed by atoms with Crippen molar-refractivity contribution < 1.29 is 14.3 Å². The summed E-state index contributed by atoms with van der Waals surface area (Å²) in [5.74, 6) is 0.139. The predicted molar refractivity (Wildman–Crippen MR) is 131 cm³/mol. The van der Waals surface area contributed by atoms with Gasteiger partial charge in [0.2, 0.25) is 0 Å². The first-order valence-electron chi connectivity index (χ1n) is 11.3. The first-order valence-corrected chi connectivity index (χ1v) is 11.3. The molecule has 0 bridgehead atoms. The molecule has 2 aliphatic rings. The number of imide groups is 1. The number of ether oxygens (including phenoxy) is 1. The maximum atomic E-state index is 13.8.